The van der Waals surface area contributed by atoms with E-state index in [2.05, 4.69) is 5.10 Å². The van der Waals surface area contributed by atoms with Crippen molar-refractivity contribution in [1.82, 2.24) is 5.01 Å². The van der Waals surface area contributed by atoms with Crippen molar-refractivity contribution in [3.8, 4) is 11.5 Å². The molecular formula is C25H23N3O6. The summed E-state index contributed by atoms with van der Waals surface area (Å²) in [6.07, 6.45) is 6.46. The largest absolute Gasteiger partial charge is 0.490 e. The lowest BCUT2D eigenvalue weighted by molar-refractivity contribution is -0.384. The van der Waals surface area contributed by atoms with Crippen LogP contribution in [0.25, 0.3) is 0 Å². The number of non-ortho nitro benzene ring substituents is 1. The van der Waals surface area contributed by atoms with Crippen molar-refractivity contribution in [1.29, 1.82) is 0 Å². The second kappa shape index (κ2) is 8.74. The van der Waals surface area contributed by atoms with Crippen molar-refractivity contribution in [2.75, 3.05) is 6.61 Å². The van der Waals surface area contributed by atoms with Crippen LogP contribution in [-0.2, 0) is 16.2 Å². The first kappa shape index (κ1) is 21.8. The van der Waals surface area contributed by atoms with Crippen LogP contribution in [0.1, 0.15) is 24.5 Å². The molecule has 0 spiro atoms. The minimum atomic E-state index is -0.449. The van der Waals surface area contributed by atoms with Crippen molar-refractivity contribution in [3.05, 3.63) is 75.9 Å². The standard InChI is InChI=1S/C25H23N3O6/c1-2-33-21-11-16(5-10-20(21)34-14-15-3-8-19(9-4-15)28(31)32)13-26-27-24(29)22-17-6-7-18(12-17)23(22)25(27)30/h3-11,13,17-18,22-23H,2,12,14H2,1H3/b26-13-/t17-,18-,22+,23+/m0/s1. The van der Waals surface area contributed by atoms with Crippen molar-refractivity contribution in [2.24, 2.45) is 28.8 Å². The molecule has 34 heavy (non-hydrogen) atoms. The zero-order valence-electron chi connectivity index (χ0n) is 18.5. The molecule has 2 aromatic rings. The number of hydrogen-bond acceptors (Lipinski definition) is 7. The van der Waals surface area contributed by atoms with Crippen LogP contribution in [0.4, 0.5) is 5.69 Å². The normalized spacial score (nSPS) is 24.8. The number of imide groups is 1. The Bertz CT molecular complexity index is 1180. The fourth-order valence-corrected chi connectivity index (χ4v) is 4.99. The molecule has 9 heteroatoms. The van der Waals surface area contributed by atoms with E-state index in [1.54, 1.807) is 30.3 Å². The highest BCUT2D eigenvalue weighted by molar-refractivity contribution is 6.06. The molecule has 2 aromatic carbocycles. The number of carbonyl (C=O) groups is 2. The number of amides is 2. The molecule has 0 unspecified atom stereocenters. The smallest absolute Gasteiger partial charge is 0.269 e. The highest BCUT2D eigenvalue weighted by Crippen LogP contribution is 2.52. The molecule has 1 saturated carbocycles. The summed E-state index contributed by atoms with van der Waals surface area (Å²) >= 11 is 0. The van der Waals surface area contributed by atoms with Crippen molar-refractivity contribution in [3.63, 3.8) is 0 Å². The first-order valence-electron chi connectivity index (χ1n) is 11.2. The summed E-state index contributed by atoms with van der Waals surface area (Å²) in [6, 6.07) is 11.4. The van der Waals surface area contributed by atoms with Crippen LogP contribution in [0, 0.1) is 33.8 Å². The van der Waals surface area contributed by atoms with Gasteiger partial charge in [0.1, 0.15) is 6.61 Å². The SMILES string of the molecule is CCOc1cc(/C=N\N2C(=O)[C@H]3[C@H](C2=O)[C@H]2C=C[C@H]3C2)ccc1OCc1ccc([N+](=O)[O-])cc1. The number of hydrazone groups is 1. The van der Waals surface area contributed by atoms with Crippen LogP contribution in [0.15, 0.2) is 59.7 Å². The number of nitro benzene ring substituents is 1. The molecule has 0 aromatic heterocycles. The zero-order chi connectivity index (χ0) is 23.8. The van der Waals surface area contributed by atoms with Gasteiger partial charge in [0, 0.05) is 12.1 Å². The van der Waals surface area contributed by atoms with Crippen LogP contribution >= 0.6 is 0 Å². The average molecular weight is 461 g/mol. The molecule has 1 heterocycles. The molecule has 1 aliphatic heterocycles. The molecule has 4 atom stereocenters. The second-order valence-electron chi connectivity index (χ2n) is 8.58. The van der Waals surface area contributed by atoms with Gasteiger partial charge < -0.3 is 9.47 Å². The number of ether oxygens (including phenoxy) is 2. The van der Waals surface area contributed by atoms with Crippen LogP contribution in [-0.4, -0.2) is 34.6 Å². The minimum Gasteiger partial charge on any atom is -0.490 e. The number of carbonyl (C=O) groups excluding carboxylic acids is 2. The number of fused-ring (bicyclic) bond motifs is 5. The third-order valence-corrected chi connectivity index (χ3v) is 6.58. The van der Waals surface area contributed by atoms with Gasteiger partial charge in [-0.15, -0.1) is 0 Å². The lowest BCUT2D eigenvalue weighted by Crippen LogP contribution is -2.28. The molecule has 2 aliphatic carbocycles. The number of allylic oxidation sites excluding steroid dienone is 2. The van der Waals surface area contributed by atoms with Gasteiger partial charge in [0.25, 0.3) is 17.5 Å². The van der Waals surface area contributed by atoms with Gasteiger partial charge in [-0.05, 0) is 66.6 Å². The van der Waals surface area contributed by atoms with E-state index in [0.29, 0.717) is 23.7 Å². The topological polar surface area (TPSA) is 111 Å². The summed E-state index contributed by atoms with van der Waals surface area (Å²) < 4.78 is 11.6. The Morgan fingerprint density at radius 2 is 1.71 bits per heavy atom. The van der Waals surface area contributed by atoms with Gasteiger partial charge in [0.05, 0.1) is 29.6 Å². The molecule has 1 saturated heterocycles. The van der Waals surface area contributed by atoms with Gasteiger partial charge in [-0.25, -0.2) is 0 Å². The van der Waals surface area contributed by atoms with E-state index in [4.69, 9.17) is 9.47 Å². The fourth-order valence-electron chi connectivity index (χ4n) is 4.99. The second-order valence-corrected chi connectivity index (χ2v) is 8.58. The number of benzene rings is 2. The molecule has 174 valence electrons. The number of rotatable bonds is 8. The molecule has 2 bridgehead atoms. The number of nitrogens with zero attached hydrogens (tertiary/aromatic N) is 3. The Hall–Kier alpha value is -4.01. The summed E-state index contributed by atoms with van der Waals surface area (Å²) in [5.41, 5.74) is 1.45. The van der Waals surface area contributed by atoms with Gasteiger partial charge in [-0.2, -0.15) is 10.1 Å². The predicted molar refractivity (Wildman–Crippen MR) is 122 cm³/mol. The van der Waals surface area contributed by atoms with Gasteiger partial charge in [-0.3, -0.25) is 19.7 Å². The lowest BCUT2D eigenvalue weighted by atomic mass is 9.85. The number of nitro groups is 1. The van der Waals surface area contributed by atoms with E-state index in [-0.39, 0.29) is 47.8 Å². The Morgan fingerprint density at radius 3 is 2.32 bits per heavy atom. The Balaban J connectivity index is 1.28. The van der Waals surface area contributed by atoms with Crippen molar-refractivity contribution < 1.29 is 24.0 Å². The van der Waals surface area contributed by atoms with E-state index in [1.165, 1.54) is 18.3 Å². The monoisotopic (exact) mass is 461 g/mol. The van der Waals surface area contributed by atoms with E-state index in [0.717, 1.165) is 17.0 Å². The van der Waals surface area contributed by atoms with Crippen LogP contribution in [0.3, 0.4) is 0 Å². The Labute approximate surface area is 195 Å². The summed E-state index contributed by atoms with van der Waals surface area (Å²) in [7, 11) is 0. The quantitative estimate of drug-likeness (QED) is 0.195. The zero-order valence-corrected chi connectivity index (χ0v) is 18.5. The summed E-state index contributed by atoms with van der Waals surface area (Å²) in [4.78, 5) is 35.9. The van der Waals surface area contributed by atoms with E-state index < -0.39 is 4.92 Å². The van der Waals surface area contributed by atoms with E-state index in [9.17, 15) is 19.7 Å². The third kappa shape index (κ3) is 3.83. The Kier molecular flexibility index (Phi) is 5.61. The molecule has 0 radical (unpaired) electrons. The summed E-state index contributed by atoms with van der Waals surface area (Å²) in [5, 5.41) is 16.0. The minimum absolute atomic E-state index is 0.0184. The first-order chi connectivity index (χ1) is 16.5. The third-order valence-electron chi connectivity index (χ3n) is 6.58. The van der Waals surface area contributed by atoms with Crippen molar-refractivity contribution >= 4 is 23.7 Å². The van der Waals surface area contributed by atoms with Crippen molar-refractivity contribution in [2.45, 2.75) is 20.0 Å². The molecule has 0 N–H and O–H groups in total. The lowest BCUT2D eigenvalue weighted by Gasteiger charge is -2.13. The molecule has 2 amide bonds. The molecule has 3 aliphatic rings. The van der Waals surface area contributed by atoms with E-state index in [1.807, 2.05) is 19.1 Å². The van der Waals surface area contributed by atoms with Gasteiger partial charge in [0.2, 0.25) is 0 Å². The summed E-state index contributed by atoms with van der Waals surface area (Å²) in [5.74, 6) is 0.260. The van der Waals surface area contributed by atoms with E-state index >= 15 is 0 Å². The highest BCUT2D eigenvalue weighted by Gasteiger charge is 2.59. The molecular weight excluding hydrogens is 438 g/mol. The van der Waals surface area contributed by atoms with Gasteiger partial charge in [0.15, 0.2) is 11.5 Å². The maximum atomic E-state index is 12.8. The maximum absolute atomic E-state index is 12.8. The first-order valence-corrected chi connectivity index (χ1v) is 11.2. The fraction of sp³-hybridized carbons (Fsp3) is 0.320. The van der Waals surface area contributed by atoms with Crippen LogP contribution in [0.5, 0.6) is 11.5 Å². The molecule has 2 fully saturated rings. The molecule has 5 rings (SSSR count). The predicted octanol–water partition coefficient (Wildman–Crippen LogP) is 3.71. The van der Waals surface area contributed by atoms with Gasteiger partial charge in [-0.1, -0.05) is 12.2 Å². The number of hydrogen-bond donors (Lipinski definition) is 0. The Morgan fingerprint density at radius 1 is 1.03 bits per heavy atom. The van der Waals surface area contributed by atoms with Gasteiger partial charge >= 0.3 is 0 Å². The molecule has 9 nitrogen and oxygen atoms in total. The maximum Gasteiger partial charge on any atom is 0.269 e. The highest BCUT2D eigenvalue weighted by atomic mass is 16.6. The average Bonchev–Trinajstić information content (AvgIpc) is 3.52. The summed E-state index contributed by atoms with van der Waals surface area (Å²) in [6.45, 7) is 2.47. The van der Waals surface area contributed by atoms with Crippen LogP contribution in [0.2, 0.25) is 0 Å². The van der Waals surface area contributed by atoms with Crippen LogP contribution < -0.4 is 9.47 Å².